The molecule has 0 saturated heterocycles. The lowest BCUT2D eigenvalue weighted by molar-refractivity contribution is -0.247. The first-order valence-corrected chi connectivity index (χ1v) is 3.40. The van der Waals surface area contributed by atoms with E-state index in [9.17, 15) is 0 Å². The Morgan fingerprint density at radius 3 is 1.83 bits per heavy atom. The predicted molar refractivity (Wildman–Crippen MR) is 37.9 cm³/mol. The highest BCUT2D eigenvalue weighted by molar-refractivity contribution is 4.82. The maximum Gasteiger partial charge on any atom is 0.189 e. The Bertz CT molecular complexity index is 130. The lowest BCUT2D eigenvalue weighted by Gasteiger charge is -2.29. The molecule has 6 N–H and O–H groups in total. The molecule has 0 aliphatic heterocycles. The number of aliphatic hydroxyl groups excluding tert-OH is 4. The maximum absolute atomic E-state index is 8.94. The van der Waals surface area contributed by atoms with Crippen molar-refractivity contribution < 1.29 is 30.6 Å². The molecule has 3 atom stereocenters. The Kier molecular flexibility index (Phi) is 4.04. The van der Waals surface area contributed by atoms with Gasteiger partial charge in [0.2, 0.25) is 0 Å². The average molecular weight is 182 g/mol. The first kappa shape index (κ1) is 11.8. The molecule has 74 valence electrons. The van der Waals surface area contributed by atoms with Gasteiger partial charge in [0, 0.05) is 0 Å². The highest BCUT2D eigenvalue weighted by Gasteiger charge is 2.36. The average Bonchev–Trinajstić information content (AvgIpc) is 1.98. The Morgan fingerprint density at radius 1 is 1.17 bits per heavy atom. The summed E-state index contributed by atoms with van der Waals surface area (Å²) in [4.78, 5) is 0. The van der Waals surface area contributed by atoms with Crippen LogP contribution in [-0.4, -0.2) is 61.3 Å². The highest BCUT2D eigenvalue weighted by Crippen LogP contribution is 2.11. The monoisotopic (exact) mass is 182 g/mol. The van der Waals surface area contributed by atoms with E-state index in [0.29, 0.717) is 0 Å². The van der Waals surface area contributed by atoms with Crippen molar-refractivity contribution in [3.8, 4) is 0 Å². The Morgan fingerprint density at radius 2 is 1.58 bits per heavy atom. The summed E-state index contributed by atoms with van der Waals surface area (Å²) in [7, 11) is 0. The molecule has 0 aromatic heterocycles. The van der Waals surface area contributed by atoms with Crippen LogP contribution in [0.25, 0.3) is 0 Å². The van der Waals surface area contributed by atoms with Gasteiger partial charge < -0.3 is 30.6 Å². The SMILES string of the molecule is CC(O)(O)C(O)C(O)C(O)CO. The molecule has 0 rings (SSSR count). The number of hydrogen-bond donors (Lipinski definition) is 6. The molecule has 0 amide bonds. The lowest BCUT2D eigenvalue weighted by atomic mass is 10.0. The van der Waals surface area contributed by atoms with Crippen molar-refractivity contribution in [1.82, 2.24) is 0 Å². The molecule has 6 heteroatoms. The van der Waals surface area contributed by atoms with Gasteiger partial charge in [0.15, 0.2) is 5.79 Å². The molecule has 0 heterocycles. The number of aliphatic hydroxyl groups is 6. The van der Waals surface area contributed by atoms with Gasteiger partial charge >= 0.3 is 0 Å². The van der Waals surface area contributed by atoms with Gasteiger partial charge in [-0.15, -0.1) is 0 Å². The lowest BCUT2D eigenvalue weighted by Crippen LogP contribution is -2.52. The molecule has 0 bridgehead atoms. The van der Waals surface area contributed by atoms with E-state index in [1.165, 1.54) is 0 Å². The third-order valence-corrected chi connectivity index (χ3v) is 1.47. The van der Waals surface area contributed by atoms with Crippen molar-refractivity contribution in [1.29, 1.82) is 0 Å². The van der Waals surface area contributed by atoms with Crippen LogP contribution in [0.15, 0.2) is 0 Å². The zero-order valence-electron chi connectivity index (χ0n) is 6.62. The van der Waals surface area contributed by atoms with Crippen LogP contribution >= 0.6 is 0 Å². The normalized spacial score (nSPS) is 20.2. The van der Waals surface area contributed by atoms with Gasteiger partial charge in [0.05, 0.1) is 6.61 Å². The largest absolute Gasteiger partial charge is 0.394 e. The predicted octanol–water partition coefficient (Wildman–Crippen LogP) is -3.24. The minimum absolute atomic E-state index is 0.770. The van der Waals surface area contributed by atoms with Crippen LogP contribution in [0, 0.1) is 0 Å². The molecule has 0 saturated carbocycles. The van der Waals surface area contributed by atoms with Gasteiger partial charge in [-0.1, -0.05) is 0 Å². The number of hydrogen-bond acceptors (Lipinski definition) is 6. The van der Waals surface area contributed by atoms with Gasteiger partial charge in [-0.2, -0.15) is 0 Å². The van der Waals surface area contributed by atoms with E-state index >= 15 is 0 Å². The Labute approximate surface area is 69.3 Å². The van der Waals surface area contributed by atoms with Crippen molar-refractivity contribution in [3.05, 3.63) is 0 Å². The topological polar surface area (TPSA) is 121 Å². The van der Waals surface area contributed by atoms with Gasteiger partial charge in [-0.3, -0.25) is 0 Å². The fourth-order valence-corrected chi connectivity index (χ4v) is 0.642. The van der Waals surface area contributed by atoms with E-state index in [1.54, 1.807) is 0 Å². The van der Waals surface area contributed by atoms with Crippen LogP contribution in [0.4, 0.5) is 0 Å². The van der Waals surface area contributed by atoms with Crippen LogP contribution in [-0.2, 0) is 0 Å². The molecule has 0 aliphatic rings. The van der Waals surface area contributed by atoms with E-state index < -0.39 is 30.7 Å². The highest BCUT2D eigenvalue weighted by atomic mass is 16.5. The van der Waals surface area contributed by atoms with Crippen LogP contribution in [0.5, 0.6) is 0 Å². The summed E-state index contributed by atoms with van der Waals surface area (Å²) in [6.07, 6.45) is -5.33. The van der Waals surface area contributed by atoms with Crippen LogP contribution in [0.3, 0.4) is 0 Å². The second-order valence-electron chi connectivity index (χ2n) is 2.78. The Balaban J connectivity index is 4.19. The van der Waals surface area contributed by atoms with Gasteiger partial charge in [0.1, 0.15) is 18.3 Å². The van der Waals surface area contributed by atoms with Gasteiger partial charge in [0.25, 0.3) is 0 Å². The summed E-state index contributed by atoms with van der Waals surface area (Å²) in [5.41, 5.74) is 0. The summed E-state index contributed by atoms with van der Waals surface area (Å²) >= 11 is 0. The second-order valence-corrected chi connectivity index (χ2v) is 2.78. The van der Waals surface area contributed by atoms with Crippen molar-refractivity contribution in [2.75, 3.05) is 6.61 Å². The summed E-state index contributed by atoms with van der Waals surface area (Å²) in [5, 5.41) is 52.5. The quantitative estimate of drug-likeness (QED) is 0.254. The first-order chi connectivity index (χ1) is 5.30. The molecule has 0 aromatic carbocycles. The fourth-order valence-electron chi connectivity index (χ4n) is 0.642. The van der Waals surface area contributed by atoms with Crippen molar-refractivity contribution in [3.63, 3.8) is 0 Å². The summed E-state index contributed by atoms with van der Waals surface area (Å²) in [5.74, 6) is -2.50. The molecular formula is C6H14O6. The van der Waals surface area contributed by atoms with E-state index in [1.807, 2.05) is 0 Å². The van der Waals surface area contributed by atoms with E-state index in [-0.39, 0.29) is 0 Å². The van der Waals surface area contributed by atoms with Gasteiger partial charge in [-0.25, -0.2) is 0 Å². The summed E-state index contributed by atoms with van der Waals surface area (Å²) in [6, 6.07) is 0. The molecule has 0 fully saturated rings. The molecule has 0 aromatic rings. The van der Waals surface area contributed by atoms with Crippen LogP contribution in [0.1, 0.15) is 6.92 Å². The zero-order valence-corrected chi connectivity index (χ0v) is 6.62. The van der Waals surface area contributed by atoms with Crippen LogP contribution in [0.2, 0.25) is 0 Å². The zero-order chi connectivity index (χ0) is 9.94. The summed E-state index contributed by atoms with van der Waals surface area (Å²) < 4.78 is 0. The van der Waals surface area contributed by atoms with E-state index in [4.69, 9.17) is 30.6 Å². The minimum atomic E-state index is -2.50. The Hall–Kier alpha value is -0.240. The molecule has 0 aliphatic carbocycles. The minimum Gasteiger partial charge on any atom is -0.394 e. The van der Waals surface area contributed by atoms with Crippen molar-refractivity contribution >= 4 is 0 Å². The third kappa shape index (κ3) is 3.02. The molecule has 12 heavy (non-hydrogen) atoms. The van der Waals surface area contributed by atoms with Crippen molar-refractivity contribution in [2.45, 2.75) is 31.0 Å². The van der Waals surface area contributed by atoms with Crippen LogP contribution < -0.4 is 0 Å². The molecular weight excluding hydrogens is 168 g/mol. The van der Waals surface area contributed by atoms with Gasteiger partial charge in [-0.05, 0) is 6.92 Å². The molecule has 3 unspecified atom stereocenters. The molecule has 6 nitrogen and oxygen atoms in total. The smallest absolute Gasteiger partial charge is 0.189 e. The molecule has 0 radical (unpaired) electrons. The first-order valence-electron chi connectivity index (χ1n) is 3.40. The summed E-state index contributed by atoms with van der Waals surface area (Å²) in [6.45, 7) is 0.0826. The standard InChI is InChI=1S/C6H14O6/c1-6(11,12)5(10)4(9)3(8)2-7/h3-5,7-12H,2H2,1H3. The van der Waals surface area contributed by atoms with E-state index in [2.05, 4.69) is 0 Å². The van der Waals surface area contributed by atoms with E-state index in [0.717, 1.165) is 6.92 Å². The molecule has 0 spiro atoms. The maximum atomic E-state index is 8.94. The fraction of sp³-hybridized carbons (Fsp3) is 1.00. The second kappa shape index (κ2) is 4.13. The number of rotatable bonds is 4. The third-order valence-electron chi connectivity index (χ3n) is 1.47. The van der Waals surface area contributed by atoms with Crippen molar-refractivity contribution in [2.24, 2.45) is 0 Å².